The van der Waals surface area contributed by atoms with E-state index in [1.54, 1.807) is 12.2 Å². The summed E-state index contributed by atoms with van der Waals surface area (Å²) in [5.41, 5.74) is -12.3. The summed E-state index contributed by atoms with van der Waals surface area (Å²) in [6.45, 7) is 0. The van der Waals surface area contributed by atoms with Gasteiger partial charge in [0, 0.05) is 33.7 Å². The molecule has 5 rings (SSSR count). The first-order chi connectivity index (χ1) is 15.1. The van der Waals surface area contributed by atoms with Crippen molar-refractivity contribution in [1.29, 1.82) is 0 Å². The van der Waals surface area contributed by atoms with E-state index in [-0.39, 0.29) is 21.9 Å². The number of allylic oxidation sites excluding steroid dienone is 2. The lowest BCUT2D eigenvalue weighted by Crippen LogP contribution is -2.29. The van der Waals surface area contributed by atoms with Crippen molar-refractivity contribution >= 4 is 31.0 Å². The summed E-state index contributed by atoms with van der Waals surface area (Å²) in [5.74, 6) is -2.73. The summed E-state index contributed by atoms with van der Waals surface area (Å²) >= 11 is 0. The Labute approximate surface area is 183 Å². The predicted octanol–water partition coefficient (Wildman–Crippen LogP) is 4.83. The zero-order valence-electron chi connectivity index (χ0n) is 16.1. The number of benzene rings is 2. The molecule has 3 aliphatic rings. The van der Waals surface area contributed by atoms with E-state index in [1.165, 1.54) is 12.1 Å². The molecule has 1 spiro atoms. The lowest BCUT2D eigenvalue weighted by Gasteiger charge is -2.23. The van der Waals surface area contributed by atoms with Crippen molar-refractivity contribution in [2.75, 3.05) is 0 Å². The first-order valence-corrected chi connectivity index (χ1v) is 12.2. The third kappa shape index (κ3) is 2.99. The van der Waals surface area contributed by atoms with Crippen molar-refractivity contribution < 1.29 is 51.5 Å². The Balaban J connectivity index is 1.83. The van der Waals surface area contributed by atoms with Gasteiger partial charge in [0.05, 0.1) is 0 Å². The van der Waals surface area contributed by atoms with E-state index >= 15 is 0 Å². The van der Waals surface area contributed by atoms with Gasteiger partial charge in [0.1, 0.15) is 0 Å². The van der Waals surface area contributed by atoms with Gasteiger partial charge in [0.2, 0.25) is 0 Å². The highest BCUT2D eigenvalue weighted by Crippen LogP contribution is 2.76. The summed E-state index contributed by atoms with van der Waals surface area (Å²) < 4.78 is 135. The lowest BCUT2D eigenvalue weighted by atomic mass is 9.90. The van der Waals surface area contributed by atoms with Crippen molar-refractivity contribution in [2.24, 2.45) is 5.41 Å². The summed E-state index contributed by atoms with van der Waals surface area (Å²) in [6.07, 6.45) is 4.34. The summed E-state index contributed by atoms with van der Waals surface area (Å²) in [6, 6.07) is 4.83. The fourth-order valence-electron chi connectivity index (χ4n) is 4.86. The van der Waals surface area contributed by atoms with Crippen molar-refractivity contribution in [1.82, 2.24) is 0 Å². The second kappa shape index (κ2) is 6.34. The minimum absolute atomic E-state index is 0.112. The van der Waals surface area contributed by atoms with Crippen LogP contribution in [-0.4, -0.2) is 27.9 Å². The minimum atomic E-state index is -6.13. The maximum absolute atomic E-state index is 13.1. The predicted molar refractivity (Wildman–Crippen MR) is 101 cm³/mol. The third-order valence-corrected chi connectivity index (χ3v) is 8.24. The first-order valence-electron chi connectivity index (χ1n) is 9.39. The molecule has 1 saturated carbocycles. The Morgan fingerprint density at radius 3 is 1.39 bits per heavy atom. The smallest absolute Gasteiger partial charge is 0.375 e. The van der Waals surface area contributed by atoms with E-state index in [0.29, 0.717) is 12.8 Å². The number of hydrogen-bond acceptors (Lipinski definition) is 6. The van der Waals surface area contributed by atoms with Crippen LogP contribution in [0.3, 0.4) is 0 Å². The molecular weight excluding hydrogens is 502 g/mol. The van der Waals surface area contributed by atoms with Crippen LogP contribution < -0.4 is 8.37 Å². The Morgan fingerprint density at radius 2 is 1.09 bits per heavy atom. The number of alkyl halides is 6. The molecule has 0 aromatic heterocycles. The van der Waals surface area contributed by atoms with Crippen LogP contribution in [0.1, 0.15) is 35.8 Å². The molecule has 0 aliphatic heterocycles. The average molecular weight is 514 g/mol. The van der Waals surface area contributed by atoms with Crippen molar-refractivity contribution in [3.8, 4) is 11.5 Å². The fourth-order valence-corrected chi connectivity index (χ4v) is 5.84. The summed E-state index contributed by atoms with van der Waals surface area (Å²) in [7, 11) is -12.3. The standard InChI is InChI=1S/C19H12F6O6S2/c20-18(21,22)32(26,27)30-15-9-3-1-2-4-10(9)16(31-33(28,29)19(23,24)25)14-12-6-5-11(13(14)15)17(12)7-8-17/h1-6,11-12H,7-8H2/t11-,12+. The molecule has 0 unspecified atom stereocenters. The molecule has 3 aliphatic carbocycles. The van der Waals surface area contributed by atoms with Crippen LogP contribution in [0.15, 0.2) is 36.4 Å². The maximum atomic E-state index is 13.1. The van der Waals surface area contributed by atoms with Crippen LogP contribution in [0.5, 0.6) is 11.5 Å². The second-order valence-corrected chi connectivity index (χ2v) is 11.1. The Bertz CT molecular complexity index is 1330. The number of fused-ring (bicyclic) bond motifs is 4. The number of halogens is 6. The normalized spacial score (nSPS) is 23.2. The van der Waals surface area contributed by atoms with Gasteiger partial charge in [-0.25, -0.2) is 0 Å². The lowest BCUT2D eigenvalue weighted by molar-refractivity contribution is -0.0505. The second-order valence-electron chi connectivity index (χ2n) is 8.07. The SMILES string of the molecule is O=S(=O)(Oc1c2c(c(OS(=O)(=O)C(F)(F)F)c3ccccc13)[C@@H]1C=C[C@H]2C12CC2)C(F)(F)F. The van der Waals surface area contributed by atoms with Crippen LogP contribution in [0, 0.1) is 5.41 Å². The Hall–Kier alpha value is -2.48. The molecular formula is C19H12F6O6S2. The molecule has 0 heterocycles. The van der Waals surface area contributed by atoms with E-state index in [2.05, 4.69) is 8.37 Å². The van der Waals surface area contributed by atoms with Crippen LogP contribution in [0.4, 0.5) is 26.3 Å². The molecule has 0 saturated heterocycles. The van der Waals surface area contributed by atoms with Gasteiger partial charge in [-0.15, -0.1) is 0 Å². The van der Waals surface area contributed by atoms with Gasteiger partial charge in [-0.1, -0.05) is 36.4 Å². The zero-order chi connectivity index (χ0) is 24.2. The van der Waals surface area contributed by atoms with Gasteiger partial charge >= 0.3 is 31.3 Å². The van der Waals surface area contributed by atoms with Crippen molar-refractivity contribution in [3.05, 3.63) is 47.5 Å². The molecule has 33 heavy (non-hydrogen) atoms. The van der Waals surface area contributed by atoms with Crippen LogP contribution in [0.25, 0.3) is 10.8 Å². The van der Waals surface area contributed by atoms with E-state index < -0.39 is 60.0 Å². The monoisotopic (exact) mass is 514 g/mol. The van der Waals surface area contributed by atoms with Gasteiger partial charge in [0.25, 0.3) is 0 Å². The quantitative estimate of drug-likeness (QED) is 0.252. The third-order valence-electron chi connectivity index (χ3n) is 6.33. The molecule has 1 fully saturated rings. The molecule has 6 nitrogen and oxygen atoms in total. The zero-order valence-corrected chi connectivity index (χ0v) is 17.7. The Kier molecular flexibility index (Phi) is 4.29. The molecule has 178 valence electrons. The van der Waals surface area contributed by atoms with E-state index in [1.807, 2.05) is 0 Å². The van der Waals surface area contributed by atoms with E-state index in [0.717, 1.165) is 12.1 Å². The van der Waals surface area contributed by atoms with Crippen LogP contribution in [0.2, 0.25) is 0 Å². The molecule has 2 atom stereocenters. The van der Waals surface area contributed by atoms with Gasteiger partial charge < -0.3 is 8.37 Å². The van der Waals surface area contributed by atoms with Crippen molar-refractivity contribution in [3.63, 3.8) is 0 Å². The Morgan fingerprint density at radius 1 is 0.727 bits per heavy atom. The van der Waals surface area contributed by atoms with Crippen molar-refractivity contribution in [2.45, 2.75) is 35.7 Å². The van der Waals surface area contributed by atoms with E-state index in [9.17, 15) is 43.2 Å². The molecule has 2 aromatic carbocycles. The highest BCUT2D eigenvalue weighted by Gasteiger charge is 2.64. The number of rotatable bonds is 4. The molecule has 2 bridgehead atoms. The molecule has 2 aromatic rings. The maximum Gasteiger partial charge on any atom is 0.534 e. The van der Waals surface area contributed by atoms with Gasteiger partial charge in [-0.05, 0) is 18.3 Å². The molecule has 14 heteroatoms. The summed E-state index contributed by atoms with van der Waals surface area (Å²) in [4.78, 5) is 0. The van der Waals surface area contributed by atoms with Crippen LogP contribution in [-0.2, 0) is 20.2 Å². The summed E-state index contributed by atoms with van der Waals surface area (Å²) in [5, 5.41) is -0.651. The number of hydrogen-bond donors (Lipinski definition) is 0. The highest BCUT2D eigenvalue weighted by molar-refractivity contribution is 7.88. The minimum Gasteiger partial charge on any atom is -0.375 e. The van der Waals surface area contributed by atoms with Gasteiger partial charge in [-0.3, -0.25) is 0 Å². The largest absolute Gasteiger partial charge is 0.534 e. The fraction of sp³-hybridized carbons (Fsp3) is 0.368. The topological polar surface area (TPSA) is 86.7 Å². The van der Waals surface area contributed by atoms with E-state index in [4.69, 9.17) is 0 Å². The molecule has 0 N–H and O–H groups in total. The van der Waals surface area contributed by atoms with Gasteiger partial charge in [-0.2, -0.15) is 43.2 Å². The highest BCUT2D eigenvalue weighted by atomic mass is 32.2. The van der Waals surface area contributed by atoms with Crippen LogP contribution >= 0.6 is 0 Å². The van der Waals surface area contributed by atoms with Gasteiger partial charge in [0.15, 0.2) is 11.5 Å². The first kappa shape index (κ1) is 22.3. The molecule has 0 amide bonds. The average Bonchev–Trinajstić information content (AvgIpc) is 3.34. The molecule has 0 radical (unpaired) electrons.